The van der Waals surface area contributed by atoms with Crippen LogP contribution in [0.3, 0.4) is 0 Å². The van der Waals surface area contributed by atoms with E-state index in [2.05, 4.69) is 6.92 Å². The molecule has 0 aliphatic heterocycles. The zero-order valence-electron chi connectivity index (χ0n) is 9.91. The van der Waals surface area contributed by atoms with E-state index in [1.54, 1.807) is 12.1 Å². The van der Waals surface area contributed by atoms with Gasteiger partial charge in [-0.2, -0.15) is 0 Å². The van der Waals surface area contributed by atoms with Crippen molar-refractivity contribution < 1.29 is 5.11 Å². The van der Waals surface area contributed by atoms with Crippen LogP contribution in [-0.2, 0) is 5.60 Å². The van der Waals surface area contributed by atoms with Gasteiger partial charge in [0.2, 0.25) is 0 Å². The highest BCUT2D eigenvalue weighted by Crippen LogP contribution is 2.32. The van der Waals surface area contributed by atoms with Crippen LogP contribution in [0.25, 0.3) is 0 Å². The van der Waals surface area contributed by atoms with Crippen LogP contribution in [0.5, 0.6) is 0 Å². The number of hydrogen-bond donors (Lipinski definition) is 2. The molecular weight excluding hydrogens is 222 g/mol. The van der Waals surface area contributed by atoms with Crippen molar-refractivity contribution in [2.24, 2.45) is 11.7 Å². The van der Waals surface area contributed by atoms with Gasteiger partial charge in [0.25, 0.3) is 0 Å². The quantitative estimate of drug-likeness (QED) is 0.833. The lowest BCUT2D eigenvalue weighted by Gasteiger charge is -2.32. The third-order valence-electron chi connectivity index (χ3n) is 3.13. The summed E-state index contributed by atoms with van der Waals surface area (Å²) >= 11 is 5.93. The Morgan fingerprint density at radius 1 is 1.50 bits per heavy atom. The molecule has 3 N–H and O–H groups in total. The topological polar surface area (TPSA) is 46.2 Å². The number of halogens is 1. The number of nitrogens with two attached hydrogens (primary N) is 1. The normalized spacial score (nSPS) is 16.8. The van der Waals surface area contributed by atoms with Crippen molar-refractivity contribution in [3.05, 3.63) is 34.9 Å². The van der Waals surface area contributed by atoms with Gasteiger partial charge < -0.3 is 10.8 Å². The van der Waals surface area contributed by atoms with Gasteiger partial charge in [-0.15, -0.1) is 0 Å². The Hall–Kier alpha value is -0.570. The minimum atomic E-state index is -0.907. The van der Waals surface area contributed by atoms with Crippen LogP contribution in [0.4, 0.5) is 0 Å². The first kappa shape index (κ1) is 13.5. The summed E-state index contributed by atoms with van der Waals surface area (Å²) in [7, 11) is 0. The van der Waals surface area contributed by atoms with Gasteiger partial charge in [0.05, 0.1) is 5.60 Å². The van der Waals surface area contributed by atoms with Crippen molar-refractivity contribution in [3.8, 4) is 0 Å². The molecular formula is C13H20ClNO. The Labute approximate surface area is 102 Å². The van der Waals surface area contributed by atoms with Crippen LogP contribution >= 0.6 is 11.6 Å². The summed E-state index contributed by atoms with van der Waals surface area (Å²) in [5.74, 6) is 0.0657. The smallest absolute Gasteiger partial charge is 0.0909 e. The minimum absolute atomic E-state index is 0.0657. The summed E-state index contributed by atoms with van der Waals surface area (Å²) in [5.41, 5.74) is 5.66. The number of benzene rings is 1. The predicted molar refractivity (Wildman–Crippen MR) is 68.5 cm³/mol. The van der Waals surface area contributed by atoms with Crippen molar-refractivity contribution in [2.45, 2.75) is 32.3 Å². The Kier molecular flexibility index (Phi) is 4.78. The van der Waals surface area contributed by atoms with E-state index in [1.165, 1.54) is 0 Å². The highest BCUT2D eigenvalue weighted by molar-refractivity contribution is 6.30. The van der Waals surface area contributed by atoms with Crippen molar-refractivity contribution in [2.75, 3.05) is 6.54 Å². The average molecular weight is 242 g/mol. The van der Waals surface area contributed by atoms with Gasteiger partial charge in [-0.1, -0.05) is 37.1 Å². The van der Waals surface area contributed by atoms with Gasteiger partial charge in [-0.05, 0) is 37.6 Å². The molecule has 0 aliphatic carbocycles. The number of hydrogen-bond acceptors (Lipinski definition) is 2. The first-order chi connectivity index (χ1) is 7.52. The first-order valence-electron chi connectivity index (χ1n) is 5.70. The van der Waals surface area contributed by atoms with Crippen LogP contribution in [0.2, 0.25) is 5.02 Å². The molecule has 0 heterocycles. The molecule has 3 heteroatoms. The molecule has 2 unspecified atom stereocenters. The van der Waals surface area contributed by atoms with E-state index in [4.69, 9.17) is 17.3 Å². The molecule has 0 aliphatic rings. The summed E-state index contributed by atoms with van der Waals surface area (Å²) in [4.78, 5) is 0. The van der Waals surface area contributed by atoms with Crippen LogP contribution in [-0.4, -0.2) is 11.7 Å². The second-order valence-electron chi connectivity index (χ2n) is 4.38. The maximum Gasteiger partial charge on any atom is 0.0909 e. The van der Waals surface area contributed by atoms with E-state index >= 15 is 0 Å². The fraction of sp³-hybridized carbons (Fsp3) is 0.538. The van der Waals surface area contributed by atoms with Gasteiger partial charge >= 0.3 is 0 Å². The fourth-order valence-corrected chi connectivity index (χ4v) is 2.21. The zero-order valence-corrected chi connectivity index (χ0v) is 10.7. The Morgan fingerprint density at radius 2 is 2.19 bits per heavy atom. The van der Waals surface area contributed by atoms with E-state index in [9.17, 15) is 5.11 Å². The minimum Gasteiger partial charge on any atom is -0.385 e. The molecule has 0 bridgehead atoms. The molecule has 0 spiro atoms. The van der Waals surface area contributed by atoms with Crippen molar-refractivity contribution >= 4 is 11.6 Å². The molecule has 1 aromatic carbocycles. The Morgan fingerprint density at radius 3 is 2.69 bits per heavy atom. The maximum absolute atomic E-state index is 10.6. The highest BCUT2D eigenvalue weighted by Gasteiger charge is 2.32. The summed E-state index contributed by atoms with van der Waals surface area (Å²) in [6, 6.07) is 7.36. The standard InChI is InChI=1S/C13H20ClNO/c1-3-5-11(9-15)13(2,16)10-6-4-7-12(14)8-10/h4,6-8,11,16H,3,5,9,15H2,1-2H3. The van der Waals surface area contributed by atoms with Gasteiger partial charge in [-0.25, -0.2) is 0 Å². The third-order valence-corrected chi connectivity index (χ3v) is 3.36. The average Bonchev–Trinajstić information content (AvgIpc) is 2.25. The van der Waals surface area contributed by atoms with E-state index in [1.807, 2.05) is 19.1 Å². The SMILES string of the molecule is CCCC(CN)C(C)(O)c1cccc(Cl)c1. The third kappa shape index (κ3) is 2.97. The summed E-state index contributed by atoms with van der Waals surface area (Å²) in [5, 5.41) is 11.2. The summed E-state index contributed by atoms with van der Waals surface area (Å²) < 4.78 is 0. The lowest BCUT2D eigenvalue weighted by Crippen LogP contribution is -2.36. The van der Waals surface area contributed by atoms with Crippen molar-refractivity contribution in [1.29, 1.82) is 0 Å². The van der Waals surface area contributed by atoms with Gasteiger partial charge in [-0.3, -0.25) is 0 Å². The van der Waals surface area contributed by atoms with Gasteiger partial charge in [0.1, 0.15) is 0 Å². The van der Waals surface area contributed by atoms with E-state index in [-0.39, 0.29) is 5.92 Å². The van der Waals surface area contributed by atoms with E-state index in [0.29, 0.717) is 11.6 Å². The van der Waals surface area contributed by atoms with Gasteiger partial charge in [0.15, 0.2) is 0 Å². The molecule has 2 atom stereocenters. The lowest BCUT2D eigenvalue weighted by molar-refractivity contribution is -0.00626. The molecule has 16 heavy (non-hydrogen) atoms. The molecule has 0 aromatic heterocycles. The van der Waals surface area contributed by atoms with Crippen LogP contribution in [0.15, 0.2) is 24.3 Å². The number of aliphatic hydroxyl groups is 1. The molecule has 0 fully saturated rings. The molecule has 0 saturated heterocycles. The second kappa shape index (κ2) is 5.67. The first-order valence-corrected chi connectivity index (χ1v) is 6.08. The zero-order chi connectivity index (χ0) is 12.2. The number of rotatable bonds is 5. The Bertz CT molecular complexity index is 338. The second-order valence-corrected chi connectivity index (χ2v) is 4.82. The van der Waals surface area contributed by atoms with Crippen LogP contribution in [0, 0.1) is 5.92 Å². The lowest BCUT2D eigenvalue weighted by atomic mass is 9.80. The summed E-state index contributed by atoms with van der Waals surface area (Å²) in [6.07, 6.45) is 1.93. The van der Waals surface area contributed by atoms with Crippen molar-refractivity contribution in [3.63, 3.8) is 0 Å². The molecule has 90 valence electrons. The summed E-state index contributed by atoms with van der Waals surface area (Å²) in [6.45, 7) is 4.38. The van der Waals surface area contributed by atoms with Gasteiger partial charge in [0, 0.05) is 10.9 Å². The molecule has 0 amide bonds. The Balaban J connectivity index is 2.98. The molecule has 0 radical (unpaired) electrons. The van der Waals surface area contributed by atoms with E-state index < -0.39 is 5.60 Å². The van der Waals surface area contributed by atoms with Crippen molar-refractivity contribution in [1.82, 2.24) is 0 Å². The van der Waals surface area contributed by atoms with E-state index in [0.717, 1.165) is 18.4 Å². The molecule has 0 saturated carbocycles. The molecule has 2 nitrogen and oxygen atoms in total. The van der Waals surface area contributed by atoms with Crippen LogP contribution < -0.4 is 5.73 Å². The predicted octanol–water partition coefficient (Wildman–Crippen LogP) is 2.92. The molecule has 1 aromatic rings. The fourth-order valence-electron chi connectivity index (χ4n) is 2.02. The highest BCUT2D eigenvalue weighted by atomic mass is 35.5. The largest absolute Gasteiger partial charge is 0.385 e. The molecule has 1 rings (SSSR count). The van der Waals surface area contributed by atoms with Crippen LogP contribution in [0.1, 0.15) is 32.3 Å². The maximum atomic E-state index is 10.6. The monoisotopic (exact) mass is 241 g/mol.